The second-order valence-corrected chi connectivity index (χ2v) is 10.4. The van der Waals surface area contributed by atoms with Gasteiger partial charge in [0, 0.05) is 12.4 Å². The Bertz CT molecular complexity index is 1400. The standard InChI is InChI=1S/C23H20BrN5O4S2/c1-16-2-4-18(5-3-16)20-21(29-35(30,31)11-7-17-6-10-34-14-17)27-15-28-22(20)32-8-9-33-23-25-12-19(24)13-26-23/h2-7,10-15H,8-9H2,1H3,(H,27,28,29)/b11-7+. The molecule has 0 bridgehead atoms. The van der Waals surface area contributed by atoms with Gasteiger partial charge in [-0.05, 0) is 56.9 Å². The molecule has 180 valence electrons. The van der Waals surface area contributed by atoms with Crippen LogP contribution in [0.4, 0.5) is 5.82 Å². The Hall–Kier alpha value is -3.35. The van der Waals surface area contributed by atoms with Crippen LogP contribution in [0.1, 0.15) is 11.1 Å². The quantitative estimate of drug-likeness (QED) is 0.265. The van der Waals surface area contributed by atoms with E-state index in [1.807, 2.05) is 48.0 Å². The van der Waals surface area contributed by atoms with Crippen LogP contribution in [0, 0.1) is 6.92 Å². The summed E-state index contributed by atoms with van der Waals surface area (Å²) < 4.78 is 40.1. The third-order valence-corrected chi connectivity index (χ3v) is 6.61. The number of nitrogens with one attached hydrogen (secondary N) is 1. The minimum absolute atomic E-state index is 0.103. The van der Waals surface area contributed by atoms with Gasteiger partial charge in [0.1, 0.15) is 19.5 Å². The van der Waals surface area contributed by atoms with Crippen molar-refractivity contribution in [3.63, 3.8) is 0 Å². The molecule has 0 saturated heterocycles. The minimum atomic E-state index is -3.85. The zero-order chi connectivity index (χ0) is 24.7. The lowest BCUT2D eigenvalue weighted by atomic mass is 10.1. The first-order valence-electron chi connectivity index (χ1n) is 10.3. The first-order valence-corrected chi connectivity index (χ1v) is 13.6. The van der Waals surface area contributed by atoms with Gasteiger partial charge in [-0.25, -0.2) is 28.4 Å². The van der Waals surface area contributed by atoms with E-state index >= 15 is 0 Å². The lowest BCUT2D eigenvalue weighted by Crippen LogP contribution is -2.14. The van der Waals surface area contributed by atoms with E-state index in [0.29, 0.717) is 11.1 Å². The molecule has 0 atom stereocenters. The summed E-state index contributed by atoms with van der Waals surface area (Å²) in [6.07, 6.45) is 5.92. The number of thiophene rings is 1. The van der Waals surface area contributed by atoms with Crippen LogP contribution in [-0.2, 0) is 10.0 Å². The molecule has 3 heterocycles. The van der Waals surface area contributed by atoms with Crippen molar-refractivity contribution in [3.8, 4) is 23.0 Å². The van der Waals surface area contributed by atoms with Gasteiger partial charge in [0.05, 0.1) is 15.4 Å². The van der Waals surface area contributed by atoms with E-state index in [1.54, 1.807) is 12.4 Å². The molecule has 0 fully saturated rings. The minimum Gasteiger partial charge on any atom is -0.473 e. The summed E-state index contributed by atoms with van der Waals surface area (Å²) in [5, 5.41) is 4.82. The van der Waals surface area contributed by atoms with Crippen LogP contribution in [0.15, 0.2) is 69.7 Å². The maximum absolute atomic E-state index is 12.8. The average molecular weight is 574 g/mol. The molecule has 12 heteroatoms. The predicted molar refractivity (Wildman–Crippen MR) is 139 cm³/mol. The monoisotopic (exact) mass is 573 g/mol. The van der Waals surface area contributed by atoms with Crippen LogP contribution >= 0.6 is 27.3 Å². The predicted octanol–water partition coefficient (Wildman–Crippen LogP) is 4.94. The van der Waals surface area contributed by atoms with Crippen LogP contribution in [0.3, 0.4) is 0 Å². The highest BCUT2D eigenvalue weighted by atomic mass is 79.9. The van der Waals surface area contributed by atoms with E-state index in [0.717, 1.165) is 21.0 Å². The number of aromatic nitrogens is 4. The van der Waals surface area contributed by atoms with Gasteiger partial charge in [-0.1, -0.05) is 29.8 Å². The largest absolute Gasteiger partial charge is 0.473 e. The molecule has 0 aliphatic rings. The Morgan fingerprint density at radius 2 is 1.77 bits per heavy atom. The maximum Gasteiger partial charge on any atom is 0.316 e. The van der Waals surface area contributed by atoms with E-state index in [1.165, 1.54) is 23.7 Å². The van der Waals surface area contributed by atoms with Crippen LogP contribution in [0.25, 0.3) is 17.2 Å². The third kappa shape index (κ3) is 7.07. The van der Waals surface area contributed by atoms with Crippen LogP contribution in [0.2, 0.25) is 0 Å². The molecule has 1 aromatic carbocycles. The number of nitrogens with zero attached hydrogens (tertiary/aromatic N) is 4. The highest BCUT2D eigenvalue weighted by Crippen LogP contribution is 2.34. The number of rotatable bonds is 10. The average Bonchev–Trinajstić information content (AvgIpc) is 3.36. The van der Waals surface area contributed by atoms with Gasteiger partial charge in [-0.15, -0.1) is 0 Å². The lowest BCUT2D eigenvalue weighted by Gasteiger charge is -2.15. The van der Waals surface area contributed by atoms with Gasteiger partial charge in [-0.2, -0.15) is 11.3 Å². The molecule has 4 rings (SSSR count). The summed E-state index contributed by atoms with van der Waals surface area (Å²) in [7, 11) is -3.85. The Kier molecular flexibility index (Phi) is 8.06. The summed E-state index contributed by atoms with van der Waals surface area (Å²) in [5.74, 6) is 0.315. The Labute approximate surface area is 215 Å². The SMILES string of the molecule is Cc1ccc(-c2c(NS(=O)(=O)/C=C/c3ccsc3)ncnc2OCCOc2ncc(Br)cn2)cc1. The second kappa shape index (κ2) is 11.4. The Morgan fingerprint density at radius 1 is 1.03 bits per heavy atom. The number of hydrogen-bond acceptors (Lipinski definition) is 9. The van der Waals surface area contributed by atoms with Crippen molar-refractivity contribution in [3.05, 3.63) is 80.8 Å². The molecule has 0 saturated carbocycles. The normalized spacial score (nSPS) is 11.5. The molecule has 0 spiro atoms. The van der Waals surface area contributed by atoms with E-state index < -0.39 is 10.0 Å². The summed E-state index contributed by atoms with van der Waals surface area (Å²) in [5.41, 5.74) is 2.96. The smallest absolute Gasteiger partial charge is 0.316 e. The fraction of sp³-hybridized carbons (Fsp3) is 0.130. The van der Waals surface area contributed by atoms with E-state index in [9.17, 15) is 8.42 Å². The molecular weight excluding hydrogens is 554 g/mol. The molecule has 0 aliphatic heterocycles. The molecule has 0 amide bonds. The topological polar surface area (TPSA) is 116 Å². The fourth-order valence-corrected chi connectivity index (χ4v) is 4.55. The molecule has 3 aromatic heterocycles. The number of ether oxygens (including phenoxy) is 2. The Balaban J connectivity index is 1.55. The van der Waals surface area contributed by atoms with Crippen LogP contribution < -0.4 is 14.2 Å². The van der Waals surface area contributed by atoms with Crippen molar-refractivity contribution >= 4 is 49.2 Å². The molecular formula is C23H20BrN5O4S2. The van der Waals surface area contributed by atoms with E-state index in [4.69, 9.17) is 9.47 Å². The summed E-state index contributed by atoms with van der Waals surface area (Å²) in [6, 6.07) is 9.57. The number of benzene rings is 1. The molecule has 0 radical (unpaired) electrons. The van der Waals surface area contributed by atoms with Gasteiger partial charge >= 0.3 is 6.01 Å². The zero-order valence-electron chi connectivity index (χ0n) is 18.5. The van der Waals surface area contributed by atoms with Crippen molar-refractivity contribution in [1.82, 2.24) is 19.9 Å². The fourth-order valence-electron chi connectivity index (χ4n) is 2.89. The van der Waals surface area contributed by atoms with Crippen molar-refractivity contribution < 1.29 is 17.9 Å². The molecule has 0 unspecified atom stereocenters. The highest BCUT2D eigenvalue weighted by molar-refractivity contribution is 9.10. The van der Waals surface area contributed by atoms with E-state index in [-0.39, 0.29) is 30.9 Å². The number of halogens is 1. The first kappa shape index (κ1) is 24.8. The highest BCUT2D eigenvalue weighted by Gasteiger charge is 2.19. The van der Waals surface area contributed by atoms with Gasteiger partial charge in [-0.3, -0.25) is 4.72 Å². The van der Waals surface area contributed by atoms with Crippen molar-refractivity contribution in [2.24, 2.45) is 0 Å². The molecule has 1 N–H and O–H groups in total. The zero-order valence-corrected chi connectivity index (χ0v) is 21.7. The molecule has 9 nitrogen and oxygen atoms in total. The molecule has 4 aromatic rings. The number of aryl methyl sites for hydroxylation is 1. The molecule has 35 heavy (non-hydrogen) atoms. The summed E-state index contributed by atoms with van der Waals surface area (Å²) in [4.78, 5) is 16.5. The van der Waals surface area contributed by atoms with Gasteiger partial charge in [0.15, 0.2) is 5.82 Å². The number of sulfonamides is 1. The number of anilines is 1. The summed E-state index contributed by atoms with van der Waals surface area (Å²) in [6.45, 7) is 2.24. The van der Waals surface area contributed by atoms with Gasteiger partial charge in [0.2, 0.25) is 5.88 Å². The van der Waals surface area contributed by atoms with Crippen molar-refractivity contribution in [2.75, 3.05) is 17.9 Å². The van der Waals surface area contributed by atoms with E-state index in [2.05, 4.69) is 40.6 Å². The summed E-state index contributed by atoms with van der Waals surface area (Å²) >= 11 is 4.75. The molecule has 0 aliphatic carbocycles. The van der Waals surface area contributed by atoms with Gasteiger partial charge < -0.3 is 9.47 Å². The first-order chi connectivity index (χ1) is 16.9. The maximum atomic E-state index is 12.8. The lowest BCUT2D eigenvalue weighted by molar-refractivity contribution is 0.202. The van der Waals surface area contributed by atoms with Crippen molar-refractivity contribution in [1.29, 1.82) is 0 Å². The third-order valence-electron chi connectivity index (χ3n) is 4.52. The van der Waals surface area contributed by atoms with Crippen molar-refractivity contribution in [2.45, 2.75) is 6.92 Å². The second-order valence-electron chi connectivity index (χ2n) is 7.16. The van der Waals surface area contributed by atoms with Gasteiger partial charge in [0.25, 0.3) is 10.0 Å². The van der Waals surface area contributed by atoms with Crippen LogP contribution in [0.5, 0.6) is 11.9 Å². The van der Waals surface area contributed by atoms with Crippen LogP contribution in [-0.4, -0.2) is 41.6 Å². The Morgan fingerprint density at radius 3 is 2.49 bits per heavy atom. The number of hydrogen-bond donors (Lipinski definition) is 1.